The number of anilines is 1. The van der Waals surface area contributed by atoms with E-state index in [1.165, 1.54) is 11.3 Å². The summed E-state index contributed by atoms with van der Waals surface area (Å²) in [7, 11) is 1.80. The molecule has 0 atom stereocenters. The summed E-state index contributed by atoms with van der Waals surface area (Å²) in [6, 6.07) is 0. The van der Waals surface area contributed by atoms with Crippen molar-refractivity contribution in [1.29, 1.82) is 0 Å². The number of amides is 1. The van der Waals surface area contributed by atoms with Gasteiger partial charge >= 0.3 is 0 Å². The van der Waals surface area contributed by atoms with Crippen LogP contribution in [0.5, 0.6) is 0 Å². The molecule has 2 rings (SSSR count). The average molecular weight is 228 g/mol. The maximum atomic E-state index is 11.4. The van der Waals surface area contributed by atoms with Crippen LogP contribution in [0.1, 0.15) is 5.01 Å². The van der Waals surface area contributed by atoms with Crippen LogP contribution in [0, 0.1) is 0 Å². The zero-order valence-electron chi connectivity index (χ0n) is 8.39. The zero-order valence-corrected chi connectivity index (χ0v) is 9.21. The number of aromatic nitrogens is 2. The second kappa shape index (κ2) is 4.54. The van der Waals surface area contributed by atoms with Gasteiger partial charge in [-0.2, -0.15) is 0 Å². The van der Waals surface area contributed by atoms with E-state index in [2.05, 4.69) is 15.5 Å². The Labute approximate surface area is 91.2 Å². The Kier molecular flexibility index (Phi) is 3.12. The average Bonchev–Trinajstić information content (AvgIpc) is 2.69. The molecule has 1 aromatic rings. The molecular formula is C8H12N4O2S. The van der Waals surface area contributed by atoms with Crippen LogP contribution >= 0.6 is 11.3 Å². The van der Waals surface area contributed by atoms with Crippen molar-refractivity contribution < 1.29 is 9.53 Å². The van der Waals surface area contributed by atoms with E-state index in [9.17, 15) is 4.79 Å². The maximum absolute atomic E-state index is 11.4. The van der Waals surface area contributed by atoms with Crippen molar-refractivity contribution >= 4 is 22.4 Å². The van der Waals surface area contributed by atoms with Gasteiger partial charge in [-0.05, 0) is 0 Å². The predicted molar refractivity (Wildman–Crippen MR) is 55.7 cm³/mol. The highest BCUT2D eigenvalue weighted by Crippen LogP contribution is 2.16. The van der Waals surface area contributed by atoms with E-state index in [1.807, 2.05) is 0 Å². The molecule has 82 valence electrons. The van der Waals surface area contributed by atoms with Crippen LogP contribution in [0.3, 0.4) is 0 Å². The first-order valence-corrected chi connectivity index (χ1v) is 5.47. The van der Waals surface area contributed by atoms with Gasteiger partial charge in [-0.3, -0.25) is 4.79 Å². The molecule has 2 heterocycles. The second-order valence-electron chi connectivity index (χ2n) is 3.12. The van der Waals surface area contributed by atoms with E-state index in [0.717, 1.165) is 10.1 Å². The first kappa shape index (κ1) is 10.3. The predicted octanol–water partition coefficient (Wildman–Crippen LogP) is -0.0614. The van der Waals surface area contributed by atoms with Crippen LogP contribution in [-0.4, -0.2) is 47.8 Å². The number of morpholine rings is 1. The molecule has 1 N–H and O–H groups in total. The highest BCUT2D eigenvalue weighted by molar-refractivity contribution is 7.15. The number of ether oxygens (including phenoxy) is 1. The Hall–Kier alpha value is -1.21. The van der Waals surface area contributed by atoms with Crippen molar-refractivity contribution in [2.45, 2.75) is 6.54 Å². The van der Waals surface area contributed by atoms with Gasteiger partial charge in [-0.25, -0.2) is 0 Å². The van der Waals surface area contributed by atoms with Crippen molar-refractivity contribution in [3.8, 4) is 0 Å². The normalized spacial score (nSPS) is 16.9. The number of hydrogen-bond donors (Lipinski definition) is 1. The lowest BCUT2D eigenvalue weighted by atomic mass is 10.4. The summed E-state index contributed by atoms with van der Waals surface area (Å²) in [5.74, 6) is 0.0162. The summed E-state index contributed by atoms with van der Waals surface area (Å²) in [4.78, 5) is 13.2. The largest absolute Gasteiger partial charge is 0.370 e. The highest BCUT2D eigenvalue weighted by atomic mass is 32.1. The highest BCUT2D eigenvalue weighted by Gasteiger charge is 2.19. The lowest BCUT2D eigenvalue weighted by Gasteiger charge is -2.25. The Bertz CT molecular complexity index is 354. The molecule has 0 bridgehead atoms. The fourth-order valence-electron chi connectivity index (χ4n) is 1.30. The third-order valence-corrected chi connectivity index (χ3v) is 3.02. The fraction of sp³-hybridized carbons (Fsp3) is 0.625. The van der Waals surface area contributed by atoms with E-state index in [4.69, 9.17) is 4.74 Å². The van der Waals surface area contributed by atoms with Crippen LogP contribution in [0.4, 0.5) is 5.13 Å². The topological polar surface area (TPSA) is 67.3 Å². The molecule has 1 saturated heterocycles. The quantitative estimate of drug-likeness (QED) is 0.785. The minimum atomic E-state index is 0.0162. The maximum Gasteiger partial charge on any atom is 0.249 e. The smallest absolute Gasteiger partial charge is 0.249 e. The summed E-state index contributed by atoms with van der Waals surface area (Å²) in [5, 5.41) is 12.4. The van der Waals surface area contributed by atoms with Crippen molar-refractivity contribution in [1.82, 2.24) is 15.1 Å². The summed E-state index contributed by atoms with van der Waals surface area (Å²) in [6.07, 6.45) is 0. The number of nitrogens with one attached hydrogen (secondary N) is 1. The summed E-state index contributed by atoms with van der Waals surface area (Å²) >= 11 is 1.46. The van der Waals surface area contributed by atoms with E-state index < -0.39 is 0 Å². The van der Waals surface area contributed by atoms with Crippen LogP contribution in [-0.2, 0) is 16.1 Å². The number of hydrogen-bond acceptors (Lipinski definition) is 6. The molecule has 15 heavy (non-hydrogen) atoms. The summed E-state index contributed by atoms with van der Waals surface area (Å²) in [5.41, 5.74) is 0. The van der Waals surface area contributed by atoms with Crippen LogP contribution in [0.15, 0.2) is 0 Å². The monoisotopic (exact) mass is 228 g/mol. The molecule has 1 aliphatic rings. The second-order valence-corrected chi connectivity index (χ2v) is 4.18. The van der Waals surface area contributed by atoms with Crippen LogP contribution in [0.25, 0.3) is 0 Å². The van der Waals surface area contributed by atoms with Gasteiger partial charge in [-0.1, -0.05) is 11.3 Å². The first-order valence-electron chi connectivity index (χ1n) is 4.65. The molecule has 0 unspecified atom stereocenters. The molecule has 1 aromatic heterocycles. The Balaban J connectivity index is 1.98. The standard InChI is InChI=1S/C8H12N4O2S/c1-9-8-11-10-6(15-8)4-12-2-3-14-5-7(12)13/h2-5H2,1H3,(H,9,11). The third-order valence-electron chi connectivity index (χ3n) is 2.09. The zero-order chi connectivity index (χ0) is 10.7. The van der Waals surface area contributed by atoms with Crippen molar-refractivity contribution in [3.05, 3.63) is 5.01 Å². The minimum absolute atomic E-state index is 0.0162. The number of carbonyl (C=O) groups excluding carboxylic acids is 1. The van der Waals surface area contributed by atoms with Gasteiger partial charge < -0.3 is 15.0 Å². The van der Waals surface area contributed by atoms with Crippen LogP contribution in [0.2, 0.25) is 0 Å². The molecule has 0 spiro atoms. The Morgan fingerprint density at radius 3 is 3.13 bits per heavy atom. The fourth-order valence-corrected chi connectivity index (χ4v) is 2.01. The van der Waals surface area contributed by atoms with Crippen molar-refractivity contribution in [3.63, 3.8) is 0 Å². The van der Waals surface area contributed by atoms with Gasteiger partial charge in [0.25, 0.3) is 0 Å². The Morgan fingerprint density at radius 1 is 1.60 bits per heavy atom. The summed E-state index contributed by atoms with van der Waals surface area (Å²) < 4.78 is 5.04. The van der Waals surface area contributed by atoms with Gasteiger partial charge in [0, 0.05) is 13.6 Å². The molecule has 0 aliphatic carbocycles. The van der Waals surface area contributed by atoms with Gasteiger partial charge in [0.05, 0.1) is 13.2 Å². The minimum Gasteiger partial charge on any atom is -0.370 e. The molecule has 1 aliphatic heterocycles. The molecule has 0 aromatic carbocycles. The van der Waals surface area contributed by atoms with Gasteiger partial charge in [-0.15, -0.1) is 10.2 Å². The van der Waals surface area contributed by atoms with E-state index in [-0.39, 0.29) is 12.5 Å². The van der Waals surface area contributed by atoms with Crippen LogP contribution < -0.4 is 5.32 Å². The number of nitrogens with zero attached hydrogens (tertiary/aromatic N) is 3. The molecule has 7 heteroatoms. The lowest BCUT2D eigenvalue weighted by molar-refractivity contribution is -0.143. The van der Waals surface area contributed by atoms with Crippen molar-refractivity contribution in [2.75, 3.05) is 32.1 Å². The number of carbonyl (C=O) groups is 1. The van der Waals surface area contributed by atoms with Crippen molar-refractivity contribution in [2.24, 2.45) is 0 Å². The van der Waals surface area contributed by atoms with E-state index in [0.29, 0.717) is 19.7 Å². The molecule has 6 nitrogen and oxygen atoms in total. The Morgan fingerprint density at radius 2 is 2.47 bits per heavy atom. The number of rotatable bonds is 3. The molecular weight excluding hydrogens is 216 g/mol. The lowest BCUT2D eigenvalue weighted by Crippen LogP contribution is -2.40. The molecule has 1 amide bonds. The van der Waals surface area contributed by atoms with E-state index in [1.54, 1.807) is 11.9 Å². The van der Waals surface area contributed by atoms with Gasteiger partial charge in [0.15, 0.2) is 0 Å². The SMILES string of the molecule is CNc1nnc(CN2CCOCC2=O)s1. The third kappa shape index (κ3) is 2.42. The molecule has 0 radical (unpaired) electrons. The van der Waals surface area contributed by atoms with E-state index >= 15 is 0 Å². The first-order chi connectivity index (χ1) is 7.29. The van der Waals surface area contributed by atoms with Gasteiger partial charge in [0.2, 0.25) is 11.0 Å². The molecule has 1 fully saturated rings. The molecule has 0 saturated carbocycles. The van der Waals surface area contributed by atoms with Gasteiger partial charge in [0.1, 0.15) is 11.6 Å². The summed E-state index contributed by atoms with van der Waals surface area (Å²) in [6.45, 7) is 1.94.